The molecule has 5 aliphatic rings. The highest BCUT2D eigenvalue weighted by molar-refractivity contribution is 5.93. The lowest BCUT2D eigenvalue weighted by Crippen LogP contribution is -2.70. The first-order chi connectivity index (χ1) is 14.9. The van der Waals surface area contributed by atoms with Gasteiger partial charge in [0.05, 0.1) is 29.5 Å². The summed E-state index contributed by atoms with van der Waals surface area (Å²) in [5, 5.41) is 1.13. The highest BCUT2D eigenvalue weighted by Gasteiger charge is 2.66. The number of esters is 1. The standard InChI is InChI=1S/C26H30N2O3/c1-25(2)22(19-8-9-27-20-7-5-4-6-18(19)20)28(23(25)29)21-16-10-15-11-17(21)14-26(12-15,13-16)24(30)31-3/h4-9,15-17,21-22H,10-14H2,1-3H3. The van der Waals surface area contributed by atoms with E-state index < -0.39 is 5.41 Å². The van der Waals surface area contributed by atoms with E-state index in [-0.39, 0.29) is 29.4 Å². The van der Waals surface area contributed by atoms with E-state index in [1.165, 1.54) is 12.7 Å². The number of para-hydroxylation sites is 1. The number of methoxy groups -OCH3 is 1. The number of ether oxygens (including phenoxy) is 1. The molecule has 3 unspecified atom stereocenters. The molecule has 4 bridgehead atoms. The van der Waals surface area contributed by atoms with Crippen molar-refractivity contribution in [2.24, 2.45) is 28.6 Å². The number of hydrogen-bond donors (Lipinski definition) is 0. The Morgan fingerprint density at radius 2 is 1.81 bits per heavy atom. The zero-order valence-corrected chi connectivity index (χ0v) is 18.5. The minimum atomic E-state index is -0.432. The van der Waals surface area contributed by atoms with Crippen LogP contribution in [-0.2, 0) is 14.3 Å². The molecule has 1 aromatic heterocycles. The Hall–Kier alpha value is -2.43. The van der Waals surface area contributed by atoms with Gasteiger partial charge in [0.1, 0.15) is 0 Å². The molecule has 4 saturated carbocycles. The van der Waals surface area contributed by atoms with Gasteiger partial charge in [-0.1, -0.05) is 18.2 Å². The minimum Gasteiger partial charge on any atom is -0.469 e. The first kappa shape index (κ1) is 19.3. The van der Waals surface area contributed by atoms with Gasteiger partial charge in [-0.15, -0.1) is 0 Å². The summed E-state index contributed by atoms with van der Waals surface area (Å²) >= 11 is 0. The van der Waals surface area contributed by atoms with Crippen molar-refractivity contribution < 1.29 is 14.3 Å². The summed E-state index contributed by atoms with van der Waals surface area (Å²) in [5.74, 6) is 1.60. The number of carbonyl (C=O) groups is 2. The largest absolute Gasteiger partial charge is 0.469 e. The molecule has 2 aromatic rings. The Balaban J connectivity index is 1.41. The fourth-order valence-corrected chi connectivity index (χ4v) is 7.97. The Morgan fingerprint density at radius 3 is 2.52 bits per heavy atom. The van der Waals surface area contributed by atoms with Crippen molar-refractivity contribution >= 4 is 22.8 Å². The fraction of sp³-hybridized carbons (Fsp3) is 0.577. The maximum atomic E-state index is 13.5. The quantitative estimate of drug-likeness (QED) is 0.543. The summed E-state index contributed by atoms with van der Waals surface area (Å²) in [6, 6.07) is 10.6. The van der Waals surface area contributed by atoms with Crippen LogP contribution >= 0.6 is 0 Å². The van der Waals surface area contributed by atoms with Crippen LogP contribution in [0, 0.1) is 28.6 Å². The summed E-state index contributed by atoms with van der Waals surface area (Å²) < 4.78 is 5.24. The highest BCUT2D eigenvalue weighted by Crippen LogP contribution is 2.65. The van der Waals surface area contributed by atoms with Gasteiger partial charge < -0.3 is 9.64 Å². The lowest BCUT2D eigenvalue weighted by molar-refractivity contribution is -0.203. The Bertz CT molecular complexity index is 1070. The Labute approximate surface area is 183 Å². The molecular weight excluding hydrogens is 388 g/mol. The summed E-state index contributed by atoms with van der Waals surface area (Å²) in [5.41, 5.74) is 1.43. The second-order valence-electron chi connectivity index (χ2n) is 11.0. The topological polar surface area (TPSA) is 59.5 Å². The molecule has 7 rings (SSSR count). The molecule has 0 N–H and O–H groups in total. The predicted molar refractivity (Wildman–Crippen MR) is 117 cm³/mol. The van der Waals surface area contributed by atoms with Crippen LogP contribution in [-0.4, -0.2) is 34.9 Å². The molecule has 5 heteroatoms. The third-order valence-electron chi connectivity index (χ3n) is 8.89. The predicted octanol–water partition coefficient (Wildman–Crippen LogP) is 4.51. The van der Waals surface area contributed by atoms with E-state index in [4.69, 9.17) is 4.74 Å². The number of pyridine rings is 1. The smallest absolute Gasteiger partial charge is 0.311 e. The third kappa shape index (κ3) is 2.46. The lowest BCUT2D eigenvalue weighted by atomic mass is 9.47. The first-order valence-electron chi connectivity index (χ1n) is 11.6. The third-order valence-corrected chi connectivity index (χ3v) is 8.89. The van der Waals surface area contributed by atoms with Crippen LogP contribution in [0.4, 0.5) is 0 Å². The molecule has 4 aliphatic carbocycles. The first-order valence-corrected chi connectivity index (χ1v) is 11.6. The van der Waals surface area contributed by atoms with Crippen LogP contribution in [0.25, 0.3) is 10.9 Å². The van der Waals surface area contributed by atoms with Crippen molar-refractivity contribution in [1.82, 2.24) is 9.88 Å². The van der Waals surface area contributed by atoms with E-state index in [0.29, 0.717) is 17.8 Å². The van der Waals surface area contributed by atoms with E-state index in [2.05, 4.69) is 35.9 Å². The molecule has 1 saturated heterocycles. The monoisotopic (exact) mass is 418 g/mol. The molecule has 1 aliphatic heterocycles. The number of rotatable bonds is 3. The van der Waals surface area contributed by atoms with E-state index in [1.54, 1.807) is 0 Å². The molecule has 162 valence electrons. The lowest BCUT2D eigenvalue weighted by Gasteiger charge is -2.66. The van der Waals surface area contributed by atoms with E-state index in [1.807, 2.05) is 24.4 Å². The van der Waals surface area contributed by atoms with Crippen LogP contribution in [0.2, 0.25) is 0 Å². The molecule has 0 spiro atoms. The van der Waals surface area contributed by atoms with Crippen molar-refractivity contribution in [3.63, 3.8) is 0 Å². The number of amides is 1. The van der Waals surface area contributed by atoms with Gasteiger partial charge >= 0.3 is 5.97 Å². The van der Waals surface area contributed by atoms with Crippen LogP contribution in [0.15, 0.2) is 36.5 Å². The van der Waals surface area contributed by atoms with E-state index in [9.17, 15) is 9.59 Å². The van der Waals surface area contributed by atoms with Crippen molar-refractivity contribution in [2.75, 3.05) is 7.11 Å². The molecule has 2 heterocycles. The van der Waals surface area contributed by atoms with Gasteiger partial charge in [-0.25, -0.2) is 0 Å². The average molecular weight is 419 g/mol. The molecule has 5 nitrogen and oxygen atoms in total. The van der Waals surface area contributed by atoms with Crippen molar-refractivity contribution in [3.05, 3.63) is 42.1 Å². The summed E-state index contributed by atoms with van der Waals surface area (Å²) in [6.45, 7) is 4.16. The normalized spacial score (nSPS) is 37.7. The maximum absolute atomic E-state index is 13.5. The number of nitrogens with zero attached hydrogens (tertiary/aromatic N) is 2. The number of likely N-dealkylation sites (tertiary alicyclic amines) is 1. The maximum Gasteiger partial charge on any atom is 0.311 e. The average Bonchev–Trinajstić information content (AvgIpc) is 2.76. The number of carbonyl (C=O) groups excluding carboxylic acids is 2. The van der Waals surface area contributed by atoms with Crippen molar-refractivity contribution in [3.8, 4) is 0 Å². The number of fused-ring (bicyclic) bond motifs is 1. The second-order valence-corrected chi connectivity index (χ2v) is 11.0. The molecule has 0 radical (unpaired) electrons. The van der Waals surface area contributed by atoms with Gasteiger partial charge in [0.15, 0.2) is 0 Å². The van der Waals surface area contributed by atoms with Gasteiger partial charge in [0, 0.05) is 17.6 Å². The van der Waals surface area contributed by atoms with Gasteiger partial charge in [-0.2, -0.15) is 0 Å². The van der Waals surface area contributed by atoms with E-state index >= 15 is 0 Å². The molecule has 3 atom stereocenters. The molecule has 31 heavy (non-hydrogen) atoms. The number of aromatic nitrogens is 1. The van der Waals surface area contributed by atoms with Gasteiger partial charge in [0.2, 0.25) is 5.91 Å². The number of β-lactam (4-membered cyclic amide) rings is 1. The Morgan fingerprint density at radius 1 is 1.10 bits per heavy atom. The van der Waals surface area contributed by atoms with Gasteiger partial charge in [-0.3, -0.25) is 14.6 Å². The Kier molecular flexibility index (Phi) is 3.92. The SMILES string of the molecule is COC(=O)C12CC3CC(C1)C(N1C(=O)C(C)(C)C1c1ccnc4ccccc14)C(C3)C2. The molecule has 5 fully saturated rings. The van der Waals surface area contributed by atoms with Crippen LogP contribution in [0.3, 0.4) is 0 Å². The van der Waals surface area contributed by atoms with Crippen molar-refractivity contribution in [2.45, 2.75) is 58.0 Å². The molecular formula is C26H30N2O3. The number of benzene rings is 1. The summed E-state index contributed by atoms with van der Waals surface area (Å²) in [6.07, 6.45) is 6.84. The zero-order chi connectivity index (χ0) is 21.5. The highest BCUT2D eigenvalue weighted by atomic mass is 16.5. The fourth-order valence-electron chi connectivity index (χ4n) is 7.97. The van der Waals surface area contributed by atoms with Crippen LogP contribution in [0.5, 0.6) is 0 Å². The zero-order valence-electron chi connectivity index (χ0n) is 18.5. The molecule has 1 aromatic carbocycles. The van der Waals surface area contributed by atoms with Gasteiger partial charge in [0.25, 0.3) is 0 Å². The summed E-state index contributed by atoms with van der Waals surface area (Å²) in [4.78, 5) is 33.0. The summed E-state index contributed by atoms with van der Waals surface area (Å²) in [7, 11) is 1.52. The van der Waals surface area contributed by atoms with Crippen molar-refractivity contribution in [1.29, 1.82) is 0 Å². The van der Waals surface area contributed by atoms with E-state index in [0.717, 1.165) is 43.0 Å². The number of hydrogen-bond acceptors (Lipinski definition) is 4. The molecule has 1 amide bonds. The van der Waals surface area contributed by atoms with Gasteiger partial charge in [-0.05, 0) is 81.4 Å². The minimum absolute atomic E-state index is 0.0303. The second kappa shape index (κ2) is 6.30. The van der Waals surface area contributed by atoms with Crippen LogP contribution < -0.4 is 0 Å². The van der Waals surface area contributed by atoms with Crippen LogP contribution in [0.1, 0.15) is 57.6 Å².